The first-order valence-electron chi connectivity index (χ1n) is 12.4. The Bertz CT molecular complexity index is 924. The Morgan fingerprint density at radius 1 is 1.08 bits per heavy atom. The largest absolute Gasteiger partial charge is 0.480 e. The molecule has 0 saturated heterocycles. The Morgan fingerprint density at radius 2 is 1.71 bits per heavy atom. The lowest BCUT2D eigenvalue weighted by atomic mass is 9.98. The molecule has 3 amide bonds. The summed E-state index contributed by atoms with van der Waals surface area (Å²) in [5, 5.41) is 17.4. The van der Waals surface area contributed by atoms with Crippen LogP contribution in [0.3, 0.4) is 0 Å². The molecule has 1 aromatic rings. The lowest BCUT2D eigenvalue weighted by molar-refractivity contribution is -0.142. The monoisotopic (exact) mass is 555 g/mol. The molecule has 5 unspecified atom stereocenters. The first-order chi connectivity index (χ1) is 18.0. The molecule has 11 N–H and O–H groups in total. The van der Waals surface area contributed by atoms with E-state index >= 15 is 0 Å². The van der Waals surface area contributed by atoms with E-state index in [1.807, 2.05) is 20.1 Å². The third kappa shape index (κ3) is 11.8. The minimum absolute atomic E-state index is 0.0875. The number of imidazole rings is 1. The minimum atomic E-state index is -1.22. The van der Waals surface area contributed by atoms with Crippen LogP contribution in [0.5, 0.6) is 0 Å². The van der Waals surface area contributed by atoms with Crippen LogP contribution in [-0.4, -0.2) is 87.4 Å². The van der Waals surface area contributed by atoms with Gasteiger partial charge in [-0.2, -0.15) is 11.8 Å². The number of guanidine groups is 1. The van der Waals surface area contributed by atoms with E-state index in [4.69, 9.17) is 17.2 Å². The van der Waals surface area contributed by atoms with Crippen molar-refractivity contribution in [3.8, 4) is 0 Å². The summed E-state index contributed by atoms with van der Waals surface area (Å²) < 4.78 is 0. The fraction of sp³-hybridized carbons (Fsp3) is 0.652. The summed E-state index contributed by atoms with van der Waals surface area (Å²) in [6.07, 6.45) is 6.25. The van der Waals surface area contributed by atoms with Gasteiger partial charge in [0, 0.05) is 24.9 Å². The maximum absolute atomic E-state index is 13.3. The van der Waals surface area contributed by atoms with Crippen LogP contribution in [0.15, 0.2) is 17.5 Å². The number of nitrogens with one attached hydrogen (secondary N) is 4. The van der Waals surface area contributed by atoms with Gasteiger partial charge >= 0.3 is 5.97 Å². The van der Waals surface area contributed by atoms with E-state index in [2.05, 4.69) is 30.9 Å². The number of aliphatic imine (C=N–C) groups is 1. The molecule has 0 saturated carbocycles. The zero-order chi connectivity index (χ0) is 28.7. The predicted molar refractivity (Wildman–Crippen MR) is 146 cm³/mol. The van der Waals surface area contributed by atoms with Crippen LogP contribution >= 0.6 is 11.8 Å². The van der Waals surface area contributed by atoms with Crippen molar-refractivity contribution >= 4 is 41.4 Å². The highest BCUT2D eigenvalue weighted by Gasteiger charge is 2.31. The molecule has 0 aliphatic heterocycles. The summed E-state index contributed by atoms with van der Waals surface area (Å²) in [5.74, 6) is -2.66. The van der Waals surface area contributed by atoms with Crippen molar-refractivity contribution in [1.29, 1.82) is 0 Å². The number of carboxylic acids is 1. The van der Waals surface area contributed by atoms with E-state index in [1.54, 1.807) is 0 Å². The normalized spacial score (nSPS) is 14.8. The summed E-state index contributed by atoms with van der Waals surface area (Å²) in [4.78, 5) is 61.5. The van der Waals surface area contributed by atoms with Crippen LogP contribution in [-0.2, 0) is 25.6 Å². The molecule has 0 aromatic carbocycles. The number of nitrogens with zero attached hydrogens (tertiary/aromatic N) is 2. The van der Waals surface area contributed by atoms with Gasteiger partial charge in [-0.1, -0.05) is 20.3 Å². The molecule has 0 aliphatic rings. The Kier molecular flexibility index (Phi) is 14.8. The van der Waals surface area contributed by atoms with Crippen molar-refractivity contribution in [3.63, 3.8) is 0 Å². The van der Waals surface area contributed by atoms with E-state index in [0.717, 1.165) is 0 Å². The second kappa shape index (κ2) is 17.2. The highest BCUT2D eigenvalue weighted by Crippen LogP contribution is 2.09. The van der Waals surface area contributed by atoms with Crippen molar-refractivity contribution in [3.05, 3.63) is 18.2 Å². The van der Waals surface area contributed by atoms with Gasteiger partial charge in [0.25, 0.3) is 0 Å². The number of aliphatic carboxylic acids is 1. The fourth-order valence-corrected chi connectivity index (χ4v) is 3.89. The van der Waals surface area contributed by atoms with Gasteiger partial charge in [-0.05, 0) is 37.2 Å². The Morgan fingerprint density at radius 3 is 2.26 bits per heavy atom. The number of aromatic nitrogens is 2. The van der Waals surface area contributed by atoms with Gasteiger partial charge in [-0.25, -0.2) is 9.78 Å². The van der Waals surface area contributed by atoms with Gasteiger partial charge in [-0.15, -0.1) is 0 Å². The fourth-order valence-electron chi connectivity index (χ4n) is 3.42. The van der Waals surface area contributed by atoms with Crippen molar-refractivity contribution in [1.82, 2.24) is 25.9 Å². The predicted octanol–water partition coefficient (Wildman–Crippen LogP) is -1.33. The second-order valence-electron chi connectivity index (χ2n) is 8.94. The molecule has 0 radical (unpaired) electrons. The number of thioether (sulfide) groups is 1. The summed E-state index contributed by atoms with van der Waals surface area (Å²) in [5.41, 5.74) is 17.2. The quantitative estimate of drug-likeness (QED) is 0.0602. The van der Waals surface area contributed by atoms with Crippen LogP contribution in [0.4, 0.5) is 0 Å². The van der Waals surface area contributed by atoms with Gasteiger partial charge in [-0.3, -0.25) is 19.4 Å². The third-order valence-corrected chi connectivity index (χ3v) is 6.62. The molecule has 0 aliphatic carbocycles. The molecule has 0 spiro atoms. The van der Waals surface area contributed by atoms with Crippen LogP contribution in [0, 0.1) is 5.92 Å². The highest BCUT2D eigenvalue weighted by molar-refractivity contribution is 7.98. The van der Waals surface area contributed by atoms with Gasteiger partial charge in [0.05, 0.1) is 12.4 Å². The van der Waals surface area contributed by atoms with Gasteiger partial charge in [0.1, 0.15) is 18.1 Å². The number of hydrogen-bond acceptors (Lipinski definition) is 8. The molecule has 0 bridgehead atoms. The van der Waals surface area contributed by atoms with E-state index in [9.17, 15) is 24.3 Å². The summed E-state index contributed by atoms with van der Waals surface area (Å²) in [7, 11) is 0. The molecule has 14 nitrogen and oxygen atoms in total. The topological polar surface area (TPSA) is 244 Å². The van der Waals surface area contributed by atoms with E-state index < -0.39 is 47.9 Å². The van der Waals surface area contributed by atoms with Crippen LogP contribution in [0.25, 0.3) is 0 Å². The highest BCUT2D eigenvalue weighted by atomic mass is 32.2. The second-order valence-corrected chi connectivity index (χ2v) is 9.93. The summed E-state index contributed by atoms with van der Waals surface area (Å²) in [6.45, 7) is 3.96. The van der Waals surface area contributed by atoms with E-state index in [1.165, 1.54) is 24.3 Å². The summed E-state index contributed by atoms with van der Waals surface area (Å²) in [6, 6.07) is -4.08. The molecule has 15 heteroatoms. The third-order valence-electron chi connectivity index (χ3n) is 5.98. The zero-order valence-corrected chi connectivity index (χ0v) is 22.9. The van der Waals surface area contributed by atoms with Crippen molar-refractivity contribution in [2.75, 3.05) is 18.6 Å². The molecule has 1 aromatic heterocycles. The maximum Gasteiger partial charge on any atom is 0.326 e. The first-order valence-corrected chi connectivity index (χ1v) is 13.8. The standard InChI is InChI=1S/C23H41N9O5S/c1-4-13(2)18(24)21(35)32-17(10-14-11-27-12-29-14)20(34)30-15(7-9-38-3)19(33)31-16(22(36)37)6-5-8-28-23(25)26/h11-13,15-18H,4-10,24H2,1-3H3,(H,27,29)(H,30,34)(H,31,33)(H,32,35)(H,36,37)(H4,25,26,28). The number of rotatable bonds is 18. The SMILES string of the molecule is CCC(C)C(N)C(=O)NC(Cc1cnc[nH]1)C(=O)NC(CCSC)C(=O)NC(CCCN=C(N)N)C(=O)O. The van der Waals surface area contributed by atoms with E-state index in [0.29, 0.717) is 24.3 Å². The lowest BCUT2D eigenvalue weighted by Crippen LogP contribution is -2.58. The molecular formula is C23H41N9O5S. The van der Waals surface area contributed by atoms with Crippen molar-refractivity contribution in [2.45, 2.75) is 70.1 Å². The van der Waals surface area contributed by atoms with Gasteiger partial charge in [0.2, 0.25) is 17.7 Å². The number of carboxylic acid groups (broad SMARTS) is 1. The molecule has 0 fully saturated rings. The number of aromatic amines is 1. The Hall–Kier alpha value is -3.33. The summed E-state index contributed by atoms with van der Waals surface area (Å²) >= 11 is 1.47. The average molecular weight is 556 g/mol. The first kappa shape index (κ1) is 32.7. The maximum atomic E-state index is 13.3. The number of carbonyl (C=O) groups excluding carboxylic acids is 3. The number of carbonyl (C=O) groups is 4. The molecule has 1 rings (SSSR count). The van der Waals surface area contributed by atoms with Gasteiger partial charge < -0.3 is 43.2 Å². The molecule has 5 atom stereocenters. The smallest absolute Gasteiger partial charge is 0.326 e. The van der Waals surface area contributed by atoms with E-state index in [-0.39, 0.29) is 37.7 Å². The van der Waals surface area contributed by atoms with Crippen LogP contribution < -0.4 is 33.2 Å². The average Bonchev–Trinajstić information content (AvgIpc) is 3.39. The minimum Gasteiger partial charge on any atom is -0.480 e. The van der Waals surface area contributed by atoms with Crippen LogP contribution in [0.1, 0.15) is 45.2 Å². The van der Waals surface area contributed by atoms with Crippen molar-refractivity contribution < 1.29 is 24.3 Å². The Labute approximate surface area is 226 Å². The number of nitrogens with two attached hydrogens (primary N) is 3. The van der Waals surface area contributed by atoms with Gasteiger partial charge in [0.15, 0.2) is 5.96 Å². The lowest BCUT2D eigenvalue weighted by Gasteiger charge is -2.26. The molecule has 214 valence electrons. The molecular weight excluding hydrogens is 514 g/mol. The molecule has 38 heavy (non-hydrogen) atoms. The zero-order valence-electron chi connectivity index (χ0n) is 22.1. The Balaban J connectivity index is 3.00. The number of H-pyrrole nitrogens is 1. The number of amides is 3. The van der Waals surface area contributed by atoms with Crippen molar-refractivity contribution in [2.24, 2.45) is 28.1 Å². The van der Waals surface area contributed by atoms with Crippen LogP contribution in [0.2, 0.25) is 0 Å². The number of hydrogen-bond donors (Lipinski definition) is 8. The molecule has 1 heterocycles.